The number of hydrogen-bond acceptors (Lipinski definition) is 4. The maximum atomic E-state index is 12.8. The first-order chi connectivity index (χ1) is 12.4. The van der Waals surface area contributed by atoms with Crippen LogP contribution in [0, 0.1) is 11.5 Å². The third-order valence-corrected chi connectivity index (χ3v) is 4.38. The van der Waals surface area contributed by atoms with Crippen LogP contribution in [0.3, 0.4) is 0 Å². The molecule has 0 spiro atoms. The second-order valence-electron chi connectivity index (χ2n) is 6.66. The third-order valence-electron chi connectivity index (χ3n) is 3.88. The number of likely N-dealkylation sites (N-methyl/N-ethyl adjacent to an activating group) is 1. The van der Waals surface area contributed by atoms with Crippen molar-refractivity contribution in [1.82, 2.24) is 16.0 Å². The first kappa shape index (κ1) is 22.2. The summed E-state index contributed by atoms with van der Waals surface area (Å²) in [7, 11) is 1.35. The summed E-state index contributed by atoms with van der Waals surface area (Å²) < 4.78 is 10.7. The molecule has 3 N–H and O–H groups in total. The molecule has 1 rings (SSSR count). The van der Waals surface area contributed by atoms with Crippen molar-refractivity contribution in [2.75, 3.05) is 7.05 Å². The molecule has 2 amide bonds. The van der Waals surface area contributed by atoms with E-state index in [4.69, 9.17) is 0 Å². The van der Waals surface area contributed by atoms with Crippen LogP contribution >= 0.6 is 7.92 Å². The predicted molar refractivity (Wildman–Crippen MR) is 103 cm³/mol. The Kier molecular flexibility index (Phi) is 9.97. The minimum atomic E-state index is -0.660. The molecule has 6 nitrogen and oxygen atoms in total. The van der Waals surface area contributed by atoms with Gasteiger partial charge < -0.3 is 0 Å². The Balaban J connectivity index is 2.89. The first-order valence-corrected chi connectivity index (χ1v) is 9.58. The van der Waals surface area contributed by atoms with Gasteiger partial charge in [-0.15, -0.1) is 0 Å². The van der Waals surface area contributed by atoms with Crippen LogP contribution in [0.2, 0.25) is 0 Å². The third kappa shape index (κ3) is 8.01. The van der Waals surface area contributed by atoms with Gasteiger partial charge in [-0.25, -0.2) is 0 Å². The van der Waals surface area contributed by atoms with Gasteiger partial charge >= 0.3 is 156 Å². The Morgan fingerprint density at radius 3 is 2.27 bits per heavy atom. The fourth-order valence-corrected chi connectivity index (χ4v) is 2.88. The van der Waals surface area contributed by atoms with E-state index < -0.39 is 12.1 Å². The molecule has 0 bridgehead atoms. The second kappa shape index (κ2) is 11.7. The molecule has 0 fully saturated rings. The van der Waals surface area contributed by atoms with Gasteiger partial charge in [0.2, 0.25) is 0 Å². The molecular formula is C19H28N3O3P. The molecule has 0 aromatic heterocycles. The van der Waals surface area contributed by atoms with Crippen LogP contribution in [0.1, 0.15) is 32.8 Å². The zero-order valence-electron chi connectivity index (χ0n) is 15.8. The topological polar surface area (TPSA) is 87.3 Å². The SMILES string of the molecule is CNC(=O)[C@H](Cc1ccccc1)NC(=O)[C@H](CC(C)C)N[C@H](C)C#P=O. The Hall–Kier alpha value is -1.87. The molecule has 0 radical (unpaired) electrons. The second-order valence-corrected chi connectivity index (χ2v) is 7.10. The molecule has 142 valence electrons. The number of carbonyl (C=O) groups excluding carboxylic acids is 2. The minimum absolute atomic E-state index is 0.205. The number of hydrogen-bond donors (Lipinski definition) is 3. The van der Waals surface area contributed by atoms with Gasteiger partial charge in [0.15, 0.2) is 0 Å². The predicted octanol–water partition coefficient (Wildman–Crippen LogP) is 2.10. The van der Waals surface area contributed by atoms with Gasteiger partial charge in [-0.2, -0.15) is 0 Å². The van der Waals surface area contributed by atoms with E-state index in [0.29, 0.717) is 12.8 Å². The summed E-state index contributed by atoms with van der Waals surface area (Å²) in [5.74, 6) is -0.211. The van der Waals surface area contributed by atoms with Crippen molar-refractivity contribution >= 4 is 19.7 Å². The summed E-state index contributed by atoms with van der Waals surface area (Å²) in [6.45, 7) is 5.82. The number of carbonyl (C=O) groups is 2. The van der Waals surface area contributed by atoms with Crippen LogP contribution in [0.5, 0.6) is 0 Å². The van der Waals surface area contributed by atoms with Crippen LogP contribution < -0.4 is 16.0 Å². The van der Waals surface area contributed by atoms with E-state index in [9.17, 15) is 14.2 Å². The van der Waals surface area contributed by atoms with E-state index in [1.165, 1.54) is 0 Å². The van der Waals surface area contributed by atoms with E-state index >= 15 is 0 Å². The molecule has 0 aliphatic carbocycles. The maximum absolute atomic E-state index is 12.8. The molecule has 1 aromatic rings. The van der Waals surface area contributed by atoms with E-state index in [-0.39, 0.29) is 31.7 Å². The zero-order valence-corrected chi connectivity index (χ0v) is 16.7. The van der Waals surface area contributed by atoms with Crippen molar-refractivity contribution < 1.29 is 14.2 Å². The fraction of sp³-hybridized carbons (Fsp3) is 0.526. The van der Waals surface area contributed by atoms with Crippen molar-refractivity contribution in [2.24, 2.45) is 5.92 Å². The molecule has 0 unspecified atom stereocenters. The van der Waals surface area contributed by atoms with Gasteiger partial charge in [0.05, 0.1) is 0 Å². The van der Waals surface area contributed by atoms with Crippen LogP contribution in [0.4, 0.5) is 0 Å². The van der Waals surface area contributed by atoms with Gasteiger partial charge in [-0.05, 0) is 0 Å². The quantitative estimate of drug-likeness (QED) is 0.575. The summed E-state index contributed by atoms with van der Waals surface area (Å²) in [5, 5.41) is 8.56. The van der Waals surface area contributed by atoms with Crippen LogP contribution in [-0.2, 0) is 20.6 Å². The summed E-state index contributed by atoms with van der Waals surface area (Å²) in [6, 6.07) is 8.08. The van der Waals surface area contributed by atoms with Crippen molar-refractivity contribution in [3.05, 3.63) is 35.9 Å². The normalized spacial score (nSPS) is 14.0. The molecule has 3 atom stereocenters. The van der Waals surface area contributed by atoms with Crippen molar-refractivity contribution in [3.63, 3.8) is 0 Å². The van der Waals surface area contributed by atoms with Crippen molar-refractivity contribution in [1.29, 1.82) is 0 Å². The van der Waals surface area contributed by atoms with E-state index in [2.05, 4.69) is 21.6 Å². The molecule has 0 saturated heterocycles. The van der Waals surface area contributed by atoms with Gasteiger partial charge in [0.1, 0.15) is 0 Å². The Bertz CT molecular complexity index is 688. The molecular weight excluding hydrogens is 349 g/mol. The van der Waals surface area contributed by atoms with Gasteiger partial charge in [0, 0.05) is 0 Å². The molecule has 26 heavy (non-hydrogen) atoms. The molecule has 0 aliphatic rings. The molecule has 0 aliphatic heterocycles. The fourth-order valence-electron chi connectivity index (χ4n) is 2.65. The van der Waals surface area contributed by atoms with Gasteiger partial charge in [0.25, 0.3) is 0 Å². The van der Waals surface area contributed by atoms with E-state index in [0.717, 1.165) is 5.56 Å². The van der Waals surface area contributed by atoms with Crippen LogP contribution in [-0.4, -0.2) is 37.0 Å². The summed E-state index contributed by atoms with van der Waals surface area (Å²) in [6.07, 6.45) is 1.01. The average Bonchev–Trinajstić information content (AvgIpc) is 2.60. The Morgan fingerprint density at radius 2 is 1.73 bits per heavy atom. The summed E-state index contributed by atoms with van der Waals surface area (Å²) in [4.78, 5) is 25.0. The monoisotopic (exact) mass is 377 g/mol. The molecule has 1 aromatic carbocycles. The number of nitrogens with one attached hydrogen (secondary N) is 3. The Morgan fingerprint density at radius 1 is 1.08 bits per heavy atom. The van der Waals surface area contributed by atoms with E-state index in [1.54, 1.807) is 14.0 Å². The van der Waals surface area contributed by atoms with Crippen molar-refractivity contribution in [3.8, 4) is 5.63 Å². The van der Waals surface area contributed by atoms with E-state index in [1.807, 2.05) is 44.2 Å². The standard InChI is InChI=1S/C19H28N3O3P/c1-13(2)10-16(21-14(3)12-26-25)19(24)22-17(18(23)20-4)11-15-8-6-5-7-9-15/h5-9,13-14,16-17,21H,10-11H2,1-4H3,(H,20,23)(H,22,24)/t14-,16+,17+/m1/s1. The average molecular weight is 377 g/mol. The molecule has 0 saturated carbocycles. The number of rotatable bonds is 9. The number of amides is 2. The molecule has 0 heterocycles. The van der Waals surface area contributed by atoms with Crippen LogP contribution in [0.15, 0.2) is 30.3 Å². The Labute approximate surface area is 156 Å². The first-order valence-electron chi connectivity index (χ1n) is 8.77. The molecule has 7 heteroatoms. The number of benzene rings is 1. The summed E-state index contributed by atoms with van der Waals surface area (Å²) >= 11 is 0. The zero-order chi connectivity index (χ0) is 19.5. The summed E-state index contributed by atoms with van der Waals surface area (Å²) in [5.41, 5.74) is 3.64. The van der Waals surface area contributed by atoms with Gasteiger partial charge in [-0.3, -0.25) is 0 Å². The van der Waals surface area contributed by atoms with Gasteiger partial charge in [-0.1, -0.05) is 0 Å². The van der Waals surface area contributed by atoms with Crippen molar-refractivity contribution in [2.45, 2.75) is 51.7 Å². The van der Waals surface area contributed by atoms with Crippen LogP contribution in [0.25, 0.3) is 0 Å².